The second-order valence-electron chi connectivity index (χ2n) is 9.41. The van der Waals surface area contributed by atoms with Gasteiger partial charge in [-0.2, -0.15) is 0 Å². The van der Waals surface area contributed by atoms with E-state index in [2.05, 4.69) is 5.32 Å². The molecule has 1 unspecified atom stereocenters. The molecule has 2 aliphatic heterocycles. The number of aromatic nitrogens is 2. The topological polar surface area (TPSA) is 101 Å². The standard InChI is InChI=1S/C29H27N3O6S/c1-3-26(27(33)30-13-18-6-4-17(2)5-7-18)39-29-31-21-12-25-24(37-16-38-25)11-20(21)28(34)32(29)14-19-8-9-22-23(10-19)36-15-35-22/h4-12,26H,3,13-16H2,1-2H3,(H,30,33). The Labute approximate surface area is 229 Å². The van der Waals surface area contributed by atoms with Crippen LogP contribution >= 0.6 is 11.8 Å². The van der Waals surface area contributed by atoms with Gasteiger partial charge in [0.2, 0.25) is 19.5 Å². The molecule has 9 nitrogen and oxygen atoms in total. The molecular formula is C29H27N3O6S. The van der Waals surface area contributed by atoms with E-state index in [0.29, 0.717) is 52.0 Å². The molecular weight excluding hydrogens is 518 g/mol. The third-order valence-corrected chi connectivity index (χ3v) is 8.04. The SMILES string of the molecule is CCC(Sc1nc2cc3c(cc2c(=O)n1Cc1ccc2c(c1)OCO2)OCO3)C(=O)NCc1ccc(C)cc1. The number of ether oxygens (including phenoxy) is 4. The molecule has 200 valence electrons. The molecule has 6 rings (SSSR count). The van der Waals surface area contributed by atoms with Crippen LogP contribution in [0, 0.1) is 6.92 Å². The largest absolute Gasteiger partial charge is 0.454 e. The van der Waals surface area contributed by atoms with Gasteiger partial charge in [-0.1, -0.05) is 54.6 Å². The van der Waals surface area contributed by atoms with Gasteiger partial charge in [-0.15, -0.1) is 0 Å². The van der Waals surface area contributed by atoms with Crippen molar-refractivity contribution in [2.24, 2.45) is 0 Å². The van der Waals surface area contributed by atoms with Crippen molar-refractivity contribution in [1.82, 2.24) is 14.9 Å². The smallest absolute Gasteiger partial charge is 0.262 e. The second kappa shape index (κ2) is 10.5. The molecule has 0 saturated carbocycles. The van der Waals surface area contributed by atoms with E-state index in [1.165, 1.54) is 11.8 Å². The molecule has 3 heterocycles. The second-order valence-corrected chi connectivity index (χ2v) is 10.6. The molecule has 39 heavy (non-hydrogen) atoms. The number of amides is 1. The number of rotatable bonds is 8. The van der Waals surface area contributed by atoms with Crippen LogP contribution in [-0.2, 0) is 17.9 Å². The lowest BCUT2D eigenvalue weighted by Crippen LogP contribution is -2.33. The van der Waals surface area contributed by atoms with E-state index in [4.69, 9.17) is 23.9 Å². The first-order chi connectivity index (χ1) is 19.0. The van der Waals surface area contributed by atoms with Crippen LogP contribution < -0.4 is 29.8 Å². The Kier molecular flexibility index (Phi) is 6.78. The molecule has 0 spiro atoms. The van der Waals surface area contributed by atoms with Gasteiger partial charge in [0.05, 0.1) is 22.7 Å². The van der Waals surface area contributed by atoms with Crippen molar-refractivity contribution in [2.75, 3.05) is 13.6 Å². The Hall–Kier alpha value is -4.18. The van der Waals surface area contributed by atoms with Crippen molar-refractivity contribution in [1.29, 1.82) is 0 Å². The molecule has 10 heteroatoms. The van der Waals surface area contributed by atoms with Crippen molar-refractivity contribution >= 4 is 28.6 Å². The van der Waals surface area contributed by atoms with Gasteiger partial charge < -0.3 is 24.3 Å². The van der Waals surface area contributed by atoms with E-state index in [1.54, 1.807) is 16.7 Å². The first-order valence-electron chi connectivity index (χ1n) is 12.7. The Morgan fingerprint density at radius 3 is 2.36 bits per heavy atom. The van der Waals surface area contributed by atoms with Crippen LogP contribution in [0.3, 0.4) is 0 Å². The van der Waals surface area contributed by atoms with Crippen LogP contribution in [0.15, 0.2) is 64.5 Å². The van der Waals surface area contributed by atoms with Crippen LogP contribution in [0.5, 0.6) is 23.0 Å². The van der Waals surface area contributed by atoms with Crippen molar-refractivity contribution in [3.63, 3.8) is 0 Å². The van der Waals surface area contributed by atoms with Crippen molar-refractivity contribution in [2.45, 2.75) is 43.8 Å². The minimum atomic E-state index is -0.447. The molecule has 2 aliphatic rings. The lowest BCUT2D eigenvalue weighted by Gasteiger charge is -2.18. The number of nitrogens with zero attached hydrogens (tertiary/aromatic N) is 2. The summed E-state index contributed by atoms with van der Waals surface area (Å²) in [5.41, 5.74) is 3.30. The summed E-state index contributed by atoms with van der Waals surface area (Å²) in [5, 5.41) is 3.45. The Balaban J connectivity index is 1.33. The quantitative estimate of drug-likeness (QED) is 0.257. The Bertz CT molecular complexity index is 1620. The molecule has 0 aliphatic carbocycles. The molecule has 4 aromatic rings. The van der Waals surface area contributed by atoms with Crippen molar-refractivity contribution in [3.8, 4) is 23.0 Å². The number of nitrogens with one attached hydrogen (secondary N) is 1. The van der Waals surface area contributed by atoms with Gasteiger partial charge in [-0.3, -0.25) is 14.2 Å². The minimum absolute atomic E-state index is 0.0950. The summed E-state index contributed by atoms with van der Waals surface area (Å²) in [4.78, 5) is 31.9. The first-order valence-corrected chi connectivity index (χ1v) is 13.6. The minimum Gasteiger partial charge on any atom is -0.454 e. The van der Waals surface area contributed by atoms with Crippen LogP contribution in [-0.4, -0.2) is 34.3 Å². The highest BCUT2D eigenvalue weighted by Crippen LogP contribution is 2.36. The number of fused-ring (bicyclic) bond motifs is 3. The fraction of sp³-hybridized carbons (Fsp3) is 0.276. The lowest BCUT2D eigenvalue weighted by atomic mass is 10.1. The van der Waals surface area contributed by atoms with E-state index in [9.17, 15) is 9.59 Å². The third kappa shape index (κ3) is 5.12. The van der Waals surface area contributed by atoms with Gasteiger partial charge >= 0.3 is 0 Å². The maximum absolute atomic E-state index is 13.8. The number of thioether (sulfide) groups is 1. The summed E-state index contributed by atoms with van der Waals surface area (Å²) in [5.74, 6) is 2.24. The molecule has 3 aromatic carbocycles. The number of carbonyl (C=O) groups excluding carboxylic acids is 1. The highest BCUT2D eigenvalue weighted by molar-refractivity contribution is 8.00. The predicted octanol–water partition coefficient (Wildman–Crippen LogP) is 4.40. The first kappa shape index (κ1) is 25.1. The van der Waals surface area contributed by atoms with Gasteiger partial charge in [0, 0.05) is 12.6 Å². The van der Waals surface area contributed by atoms with E-state index in [-0.39, 0.29) is 31.6 Å². The van der Waals surface area contributed by atoms with Gasteiger partial charge in [-0.05, 0) is 42.7 Å². The number of aryl methyl sites for hydroxylation is 1. The van der Waals surface area contributed by atoms with Crippen LogP contribution in [0.1, 0.15) is 30.0 Å². The monoisotopic (exact) mass is 545 g/mol. The fourth-order valence-corrected chi connectivity index (χ4v) is 5.54. The summed E-state index contributed by atoms with van der Waals surface area (Å²) in [6, 6.07) is 17.0. The number of hydrogen-bond acceptors (Lipinski definition) is 8. The Morgan fingerprint density at radius 2 is 1.62 bits per heavy atom. The highest BCUT2D eigenvalue weighted by Gasteiger charge is 2.24. The number of benzene rings is 3. The van der Waals surface area contributed by atoms with E-state index in [0.717, 1.165) is 16.7 Å². The average Bonchev–Trinajstić information content (AvgIpc) is 3.61. The van der Waals surface area contributed by atoms with E-state index < -0.39 is 5.25 Å². The van der Waals surface area contributed by atoms with Crippen molar-refractivity contribution in [3.05, 3.63) is 81.6 Å². The Morgan fingerprint density at radius 1 is 0.949 bits per heavy atom. The van der Waals surface area contributed by atoms with Gasteiger partial charge in [-0.25, -0.2) is 4.98 Å². The van der Waals surface area contributed by atoms with Crippen molar-refractivity contribution < 1.29 is 23.7 Å². The molecule has 0 fully saturated rings. The van der Waals surface area contributed by atoms with Gasteiger partial charge in [0.15, 0.2) is 28.2 Å². The molecule has 0 saturated heterocycles. The molecule has 0 bridgehead atoms. The summed E-state index contributed by atoms with van der Waals surface area (Å²) in [6.07, 6.45) is 0.559. The molecule has 1 N–H and O–H groups in total. The van der Waals surface area contributed by atoms with Gasteiger partial charge in [0.25, 0.3) is 5.56 Å². The number of carbonyl (C=O) groups is 1. The maximum atomic E-state index is 13.8. The third-order valence-electron chi connectivity index (χ3n) is 6.69. The zero-order chi connectivity index (χ0) is 26.9. The number of hydrogen-bond donors (Lipinski definition) is 1. The maximum Gasteiger partial charge on any atom is 0.262 e. The van der Waals surface area contributed by atoms with Crippen LogP contribution in [0.4, 0.5) is 0 Å². The van der Waals surface area contributed by atoms with E-state index in [1.807, 2.05) is 56.3 Å². The summed E-state index contributed by atoms with van der Waals surface area (Å²) in [6.45, 7) is 4.91. The zero-order valence-corrected chi connectivity index (χ0v) is 22.4. The summed E-state index contributed by atoms with van der Waals surface area (Å²) in [7, 11) is 0. The highest BCUT2D eigenvalue weighted by atomic mass is 32.2. The normalized spacial score (nSPS) is 14.0. The average molecular weight is 546 g/mol. The van der Waals surface area contributed by atoms with E-state index >= 15 is 0 Å². The zero-order valence-electron chi connectivity index (χ0n) is 21.6. The summed E-state index contributed by atoms with van der Waals surface area (Å²) < 4.78 is 23.6. The molecule has 1 aromatic heterocycles. The predicted molar refractivity (Wildman–Crippen MR) is 147 cm³/mol. The van der Waals surface area contributed by atoms with Gasteiger partial charge in [0.1, 0.15) is 0 Å². The molecule has 1 amide bonds. The molecule has 1 atom stereocenters. The fourth-order valence-electron chi connectivity index (χ4n) is 4.50. The lowest BCUT2D eigenvalue weighted by molar-refractivity contribution is -0.120. The van der Waals surface area contributed by atoms with Crippen LogP contribution in [0.25, 0.3) is 10.9 Å². The summed E-state index contributed by atoms with van der Waals surface area (Å²) >= 11 is 1.28. The van der Waals surface area contributed by atoms with Crippen LogP contribution in [0.2, 0.25) is 0 Å². The molecule has 0 radical (unpaired) electrons.